The number of carbonyl (C=O) groups is 2. The second kappa shape index (κ2) is 8.01. The van der Waals surface area contributed by atoms with Gasteiger partial charge in [-0.15, -0.1) is 0 Å². The average Bonchev–Trinajstić information content (AvgIpc) is 2.61. The van der Waals surface area contributed by atoms with Crippen LogP contribution in [0, 0.1) is 0 Å². The zero-order chi connectivity index (χ0) is 17.5. The molecule has 0 aromatic heterocycles. The molecule has 2 aromatic rings. The molecular weight excluding hydrogens is 308 g/mol. The van der Waals surface area contributed by atoms with E-state index in [9.17, 15) is 9.59 Å². The number of hydrogen-bond donors (Lipinski definition) is 1. The Hall–Kier alpha value is -3.02. The van der Waals surface area contributed by atoms with Crippen LogP contribution in [0.5, 0.6) is 11.5 Å². The fourth-order valence-electron chi connectivity index (χ4n) is 2.15. The van der Waals surface area contributed by atoms with E-state index >= 15 is 0 Å². The van der Waals surface area contributed by atoms with E-state index in [0.717, 1.165) is 5.69 Å². The molecule has 2 amide bonds. The van der Waals surface area contributed by atoms with Crippen LogP contribution in [0.4, 0.5) is 11.4 Å². The number of nitrogens with zero attached hydrogens (tertiary/aromatic N) is 1. The van der Waals surface area contributed by atoms with Gasteiger partial charge in [0.15, 0.2) is 0 Å². The first-order valence-corrected chi connectivity index (χ1v) is 7.38. The van der Waals surface area contributed by atoms with Crippen molar-refractivity contribution in [2.75, 3.05) is 31.5 Å². The molecule has 0 atom stereocenters. The van der Waals surface area contributed by atoms with Crippen molar-refractivity contribution in [1.82, 2.24) is 0 Å². The first kappa shape index (κ1) is 17.3. The van der Waals surface area contributed by atoms with Crippen LogP contribution in [0.2, 0.25) is 0 Å². The van der Waals surface area contributed by atoms with Crippen LogP contribution in [0.25, 0.3) is 0 Å². The summed E-state index contributed by atoms with van der Waals surface area (Å²) in [7, 11) is 4.68. The van der Waals surface area contributed by atoms with Crippen molar-refractivity contribution < 1.29 is 19.1 Å². The summed E-state index contributed by atoms with van der Waals surface area (Å²) >= 11 is 0. The largest absolute Gasteiger partial charge is 0.497 e. The van der Waals surface area contributed by atoms with Crippen LogP contribution in [-0.4, -0.2) is 33.1 Å². The Labute approximate surface area is 141 Å². The lowest BCUT2D eigenvalue weighted by Gasteiger charge is -2.17. The first-order chi connectivity index (χ1) is 11.5. The van der Waals surface area contributed by atoms with Crippen LogP contribution in [-0.2, 0) is 9.59 Å². The maximum absolute atomic E-state index is 12.2. The molecule has 0 radical (unpaired) electrons. The number of amides is 2. The van der Waals surface area contributed by atoms with E-state index in [-0.39, 0.29) is 12.3 Å². The zero-order valence-corrected chi connectivity index (χ0v) is 13.9. The van der Waals surface area contributed by atoms with Crippen molar-refractivity contribution in [2.45, 2.75) is 6.42 Å². The predicted octanol–water partition coefficient (Wildman–Crippen LogP) is 2.70. The van der Waals surface area contributed by atoms with Gasteiger partial charge in [-0.05, 0) is 24.3 Å². The number of nitrogens with one attached hydrogen (secondary N) is 1. The number of para-hydroxylation sites is 1. The molecule has 0 fully saturated rings. The minimum absolute atomic E-state index is 0.263. The summed E-state index contributed by atoms with van der Waals surface area (Å²) in [5, 5.41) is 2.68. The third kappa shape index (κ3) is 4.25. The van der Waals surface area contributed by atoms with Gasteiger partial charge in [-0.2, -0.15) is 0 Å². The van der Waals surface area contributed by atoms with Crippen molar-refractivity contribution in [3.8, 4) is 11.5 Å². The van der Waals surface area contributed by atoms with Crippen molar-refractivity contribution in [2.24, 2.45) is 0 Å². The Balaban J connectivity index is 2.02. The lowest BCUT2D eigenvalue weighted by atomic mass is 10.2. The van der Waals surface area contributed by atoms with Crippen LogP contribution < -0.4 is 19.7 Å². The molecule has 2 rings (SSSR count). The maximum atomic E-state index is 12.2. The Kier molecular flexibility index (Phi) is 5.78. The van der Waals surface area contributed by atoms with Crippen molar-refractivity contribution in [3.05, 3.63) is 48.5 Å². The van der Waals surface area contributed by atoms with E-state index in [2.05, 4.69) is 5.32 Å². The highest BCUT2D eigenvalue weighted by Gasteiger charge is 2.16. The van der Waals surface area contributed by atoms with Crippen LogP contribution in [0.15, 0.2) is 48.5 Å². The summed E-state index contributed by atoms with van der Waals surface area (Å²) in [6.07, 6.45) is -0.263. The predicted molar refractivity (Wildman–Crippen MR) is 92.6 cm³/mol. The molecule has 6 heteroatoms. The van der Waals surface area contributed by atoms with Crippen LogP contribution >= 0.6 is 0 Å². The van der Waals surface area contributed by atoms with Gasteiger partial charge in [0.2, 0.25) is 11.8 Å². The van der Waals surface area contributed by atoms with E-state index in [1.165, 1.54) is 12.0 Å². The molecule has 0 aliphatic rings. The summed E-state index contributed by atoms with van der Waals surface area (Å²) in [4.78, 5) is 25.8. The topological polar surface area (TPSA) is 67.9 Å². The van der Waals surface area contributed by atoms with Gasteiger partial charge in [0.05, 0.1) is 19.9 Å². The Morgan fingerprint density at radius 1 is 1.04 bits per heavy atom. The Morgan fingerprint density at radius 2 is 1.75 bits per heavy atom. The summed E-state index contributed by atoms with van der Waals surface area (Å²) in [6, 6.07) is 14.2. The van der Waals surface area contributed by atoms with Gasteiger partial charge in [0.1, 0.15) is 17.9 Å². The summed E-state index contributed by atoms with van der Waals surface area (Å²) in [6.45, 7) is 0. The average molecular weight is 328 g/mol. The fourth-order valence-corrected chi connectivity index (χ4v) is 2.15. The van der Waals surface area contributed by atoms with E-state index < -0.39 is 5.91 Å². The molecule has 126 valence electrons. The number of benzene rings is 2. The number of ether oxygens (including phenoxy) is 2. The highest BCUT2D eigenvalue weighted by Crippen LogP contribution is 2.29. The molecule has 0 saturated heterocycles. The smallest absolute Gasteiger partial charge is 0.236 e. The lowest BCUT2D eigenvalue weighted by Crippen LogP contribution is -2.30. The van der Waals surface area contributed by atoms with Gasteiger partial charge in [-0.3, -0.25) is 9.59 Å². The molecule has 6 nitrogen and oxygen atoms in total. The number of hydrogen-bond acceptors (Lipinski definition) is 4. The minimum Gasteiger partial charge on any atom is -0.497 e. The van der Waals surface area contributed by atoms with Crippen LogP contribution in [0.1, 0.15) is 6.42 Å². The van der Waals surface area contributed by atoms with Gasteiger partial charge in [0, 0.05) is 18.8 Å². The number of anilines is 2. The second-order valence-electron chi connectivity index (χ2n) is 5.08. The molecule has 2 aromatic carbocycles. The second-order valence-corrected chi connectivity index (χ2v) is 5.08. The molecule has 0 aliphatic carbocycles. The molecule has 0 spiro atoms. The summed E-state index contributed by atoms with van der Waals surface area (Å²) in [5.41, 5.74) is 1.22. The van der Waals surface area contributed by atoms with Gasteiger partial charge < -0.3 is 19.7 Å². The zero-order valence-electron chi connectivity index (χ0n) is 13.9. The number of rotatable bonds is 6. The maximum Gasteiger partial charge on any atom is 0.236 e. The van der Waals surface area contributed by atoms with Crippen molar-refractivity contribution in [3.63, 3.8) is 0 Å². The summed E-state index contributed by atoms with van der Waals surface area (Å²) < 4.78 is 10.3. The molecular formula is C18H20N2O4. The number of methoxy groups -OCH3 is 2. The molecule has 1 N–H and O–H groups in total. The summed E-state index contributed by atoms with van der Waals surface area (Å²) in [5.74, 6) is 0.369. The normalized spacial score (nSPS) is 9.96. The van der Waals surface area contributed by atoms with E-state index in [0.29, 0.717) is 17.2 Å². The standard InChI is InChI=1S/C18H20N2O4/c1-20(13-7-5-4-6-8-13)18(22)12-17(21)19-15-10-9-14(23-2)11-16(15)24-3/h4-11H,12H2,1-3H3,(H,19,21). The van der Waals surface area contributed by atoms with Gasteiger partial charge in [-0.1, -0.05) is 18.2 Å². The molecule has 0 saturated carbocycles. The van der Waals surface area contributed by atoms with E-state index in [4.69, 9.17) is 9.47 Å². The monoisotopic (exact) mass is 328 g/mol. The SMILES string of the molecule is COc1ccc(NC(=O)CC(=O)N(C)c2ccccc2)c(OC)c1. The van der Waals surface area contributed by atoms with E-state index in [1.54, 1.807) is 32.4 Å². The fraction of sp³-hybridized carbons (Fsp3) is 0.222. The molecule has 24 heavy (non-hydrogen) atoms. The molecule has 0 aliphatic heterocycles. The molecule has 0 heterocycles. The number of carbonyl (C=O) groups excluding carboxylic acids is 2. The van der Waals surface area contributed by atoms with Gasteiger partial charge in [-0.25, -0.2) is 0 Å². The third-order valence-electron chi connectivity index (χ3n) is 3.51. The first-order valence-electron chi connectivity index (χ1n) is 7.38. The van der Waals surface area contributed by atoms with Crippen molar-refractivity contribution in [1.29, 1.82) is 0 Å². The Bertz CT molecular complexity index is 716. The van der Waals surface area contributed by atoms with Gasteiger partial charge >= 0.3 is 0 Å². The third-order valence-corrected chi connectivity index (χ3v) is 3.51. The van der Waals surface area contributed by atoms with Crippen LogP contribution in [0.3, 0.4) is 0 Å². The van der Waals surface area contributed by atoms with Crippen molar-refractivity contribution >= 4 is 23.2 Å². The highest BCUT2D eigenvalue weighted by atomic mass is 16.5. The molecule has 0 unspecified atom stereocenters. The lowest BCUT2D eigenvalue weighted by molar-refractivity contribution is -0.125. The quantitative estimate of drug-likeness (QED) is 0.828. The van der Waals surface area contributed by atoms with Gasteiger partial charge in [0.25, 0.3) is 0 Å². The highest BCUT2D eigenvalue weighted by molar-refractivity contribution is 6.09. The molecule has 0 bridgehead atoms. The van der Waals surface area contributed by atoms with E-state index in [1.807, 2.05) is 30.3 Å². The minimum atomic E-state index is -0.411. The Morgan fingerprint density at radius 3 is 2.38 bits per heavy atom.